The van der Waals surface area contributed by atoms with Crippen LogP contribution >= 0.6 is 0 Å². The van der Waals surface area contributed by atoms with E-state index >= 15 is 0 Å². The average Bonchev–Trinajstić information content (AvgIpc) is 2.67. The molecule has 0 spiro atoms. The van der Waals surface area contributed by atoms with Crippen LogP contribution in [-0.2, 0) is 6.42 Å². The van der Waals surface area contributed by atoms with Crippen molar-refractivity contribution in [2.24, 2.45) is 0 Å². The minimum atomic E-state index is -0.0897. The SMILES string of the molecule is C=C(C)C.Cc1c(C)c2c(c(C)c1O)CCC(C)(C)O2.Cc1cc(O)c(C)c(C)c1O. The number of benzene rings is 2. The van der Waals surface area contributed by atoms with E-state index in [-0.39, 0.29) is 17.1 Å². The van der Waals surface area contributed by atoms with Crippen molar-refractivity contribution in [3.8, 4) is 23.0 Å². The molecule has 0 unspecified atom stereocenters. The van der Waals surface area contributed by atoms with Gasteiger partial charge in [-0.15, -0.1) is 6.58 Å². The highest BCUT2D eigenvalue weighted by Gasteiger charge is 2.30. The molecule has 0 bridgehead atoms. The van der Waals surface area contributed by atoms with Gasteiger partial charge in [0.05, 0.1) is 0 Å². The Balaban J connectivity index is 0.000000278. The molecule has 0 saturated carbocycles. The summed E-state index contributed by atoms with van der Waals surface area (Å²) in [5.74, 6) is 1.95. The van der Waals surface area contributed by atoms with Crippen molar-refractivity contribution in [1.82, 2.24) is 0 Å². The van der Waals surface area contributed by atoms with Crippen molar-refractivity contribution in [3.05, 3.63) is 57.2 Å². The number of hydrogen-bond acceptors (Lipinski definition) is 4. The summed E-state index contributed by atoms with van der Waals surface area (Å²) in [5, 5.41) is 28.7. The third-order valence-corrected chi connectivity index (χ3v) is 5.72. The molecular weight excluding hydrogens is 388 g/mol. The molecule has 0 saturated heterocycles. The van der Waals surface area contributed by atoms with E-state index in [1.807, 2.05) is 34.6 Å². The van der Waals surface area contributed by atoms with Crippen LogP contribution in [0.4, 0.5) is 0 Å². The number of aromatic hydroxyl groups is 3. The lowest BCUT2D eigenvalue weighted by molar-refractivity contribution is 0.0831. The molecule has 1 aliphatic rings. The van der Waals surface area contributed by atoms with Gasteiger partial charge in [0.1, 0.15) is 28.6 Å². The quantitative estimate of drug-likeness (QED) is 0.311. The summed E-state index contributed by atoms with van der Waals surface area (Å²) in [6.45, 7) is 23.0. The van der Waals surface area contributed by atoms with Gasteiger partial charge in [0.15, 0.2) is 0 Å². The predicted molar refractivity (Wildman–Crippen MR) is 130 cm³/mol. The van der Waals surface area contributed by atoms with Crippen molar-refractivity contribution in [1.29, 1.82) is 0 Å². The first kappa shape index (κ1) is 26.4. The molecule has 3 N–H and O–H groups in total. The number of aryl methyl sites for hydroxylation is 1. The molecule has 0 aliphatic carbocycles. The van der Waals surface area contributed by atoms with Crippen LogP contribution in [-0.4, -0.2) is 20.9 Å². The van der Waals surface area contributed by atoms with E-state index in [0.717, 1.165) is 46.4 Å². The van der Waals surface area contributed by atoms with Gasteiger partial charge in [-0.3, -0.25) is 0 Å². The molecule has 0 aromatic heterocycles. The highest BCUT2D eigenvalue weighted by molar-refractivity contribution is 5.58. The molecule has 0 amide bonds. The van der Waals surface area contributed by atoms with Crippen LogP contribution in [0.15, 0.2) is 18.2 Å². The lowest BCUT2D eigenvalue weighted by Gasteiger charge is -2.35. The van der Waals surface area contributed by atoms with E-state index < -0.39 is 0 Å². The van der Waals surface area contributed by atoms with Gasteiger partial charge in [-0.05, 0) is 122 Å². The number of phenolic OH excluding ortho intramolecular Hbond substituents is 3. The number of hydrogen-bond donors (Lipinski definition) is 3. The normalized spacial score (nSPS) is 13.6. The zero-order chi connectivity index (χ0) is 24.3. The Kier molecular flexibility index (Phi) is 8.63. The van der Waals surface area contributed by atoms with Crippen molar-refractivity contribution < 1.29 is 20.1 Å². The maximum atomic E-state index is 10.0. The van der Waals surface area contributed by atoms with Crippen LogP contribution in [0.3, 0.4) is 0 Å². The van der Waals surface area contributed by atoms with Crippen LogP contribution in [0.2, 0.25) is 0 Å². The highest BCUT2D eigenvalue weighted by atomic mass is 16.5. The second-order valence-corrected chi connectivity index (χ2v) is 9.41. The lowest BCUT2D eigenvalue weighted by atomic mass is 9.88. The number of rotatable bonds is 0. The number of ether oxygens (including phenoxy) is 1. The molecule has 3 rings (SSSR count). The summed E-state index contributed by atoms with van der Waals surface area (Å²) < 4.78 is 6.06. The maximum Gasteiger partial charge on any atom is 0.127 e. The van der Waals surface area contributed by atoms with Gasteiger partial charge in [0, 0.05) is 5.56 Å². The fraction of sp³-hybridized carbons (Fsp3) is 0.481. The molecule has 0 atom stereocenters. The Bertz CT molecular complexity index is 938. The lowest BCUT2D eigenvalue weighted by Crippen LogP contribution is -2.33. The standard InChI is InChI=1S/C14H20O2.C9H12O2.C4H8/c1-8-9(2)13-11(10(3)12(8)15)6-7-14(4,5)16-13;1-5-4-8(10)6(2)7(3)9(5)11;1-4(2)3/h15H,6-7H2,1-5H3;4,10-11H,1-3H3;1H2,2-3H3. The second kappa shape index (κ2) is 10.1. The van der Waals surface area contributed by atoms with Gasteiger partial charge in [-0.1, -0.05) is 5.57 Å². The third-order valence-electron chi connectivity index (χ3n) is 5.72. The van der Waals surface area contributed by atoms with E-state index in [1.165, 1.54) is 11.1 Å². The van der Waals surface area contributed by atoms with E-state index in [0.29, 0.717) is 11.3 Å². The minimum absolute atomic E-state index is 0.0897. The Morgan fingerprint density at radius 2 is 1.32 bits per heavy atom. The molecule has 1 aliphatic heterocycles. The summed E-state index contributed by atoms with van der Waals surface area (Å²) in [4.78, 5) is 0. The summed E-state index contributed by atoms with van der Waals surface area (Å²) in [6, 6.07) is 1.57. The predicted octanol–water partition coefficient (Wildman–Crippen LogP) is 7.03. The third kappa shape index (κ3) is 6.43. The first-order chi connectivity index (χ1) is 14.1. The van der Waals surface area contributed by atoms with E-state index in [1.54, 1.807) is 26.8 Å². The van der Waals surface area contributed by atoms with E-state index in [2.05, 4.69) is 20.4 Å². The average molecular weight is 429 g/mol. The molecule has 2 aromatic carbocycles. The van der Waals surface area contributed by atoms with Crippen LogP contribution in [0, 0.1) is 41.5 Å². The van der Waals surface area contributed by atoms with E-state index in [9.17, 15) is 15.3 Å². The molecule has 2 aromatic rings. The first-order valence-electron chi connectivity index (χ1n) is 10.7. The van der Waals surface area contributed by atoms with E-state index in [4.69, 9.17) is 4.74 Å². The van der Waals surface area contributed by atoms with Crippen LogP contribution in [0.25, 0.3) is 0 Å². The Morgan fingerprint density at radius 3 is 1.84 bits per heavy atom. The summed E-state index contributed by atoms with van der Waals surface area (Å²) in [7, 11) is 0. The highest BCUT2D eigenvalue weighted by Crippen LogP contribution is 2.43. The van der Waals surface area contributed by atoms with Gasteiger partial charge in [-0.25, -0.2) is 0 Å². The molecule has 1 heterocycles. The van der Waals surface area contributed by atoms with Crippen LogP contribution in [0.5, 0.6) is 23.0 Å². The molecule has 4 nitrogen and oxygen atoms in total. The summed E-state index contributed by atoms with van der Waals surface area (Å²) in [5.41, 5.74) is 7.46. The zero-order valence-corrected chi connectivity index (χ0v) is 20.9. The topological polar surface area (TPSA) is 69.9 Å². The zero-order valence-electron chi connectivity index (χ0n) is 20.9. The summed E-state index contributed by atoms with van der Waals surface area (Å²) in [6.07, 6.45) is 1.99. The minimum Gasteiger partial charge on any atom is -0.508 e. The second-order valence-electron chi connectivity index (χ2n) is 9.41. The largest absolute Gasteiger partial charge is 0.508 e. The first-order valence-corrected chi connectivity index (χ1v) is 10.7. The van der Waals surface area contributed by atoms with Gasteiger partial charge in [-0.2, -0.15) is 0 Å². The summed E-state index contributed by atoms with van der Waals surface area (Å²) >= 11 is 0. The molecule has 0 radical (unpaired) electrons. The monoisotopic (exact) mass is 428 g/mol. The van der Waals surface area contributed by atoms with Gasteiger partial charge in [0.25, 0.3) is 0 Å². The molecule has 0 fully saturated rings. The Labute approximate surface area is 188 Å². The van der Waals surface area contributed by atoms with Crippen molar-refractivity contribution in [3.63, 3.8) is 0 Å². The Hall–Kier alpha value is -2.62. The fourth-order valence-corrected chi connectivity index (χ4v) is 3.41. The van der Waals surface area contributed by atoms with Gasteiger partial charge >= 0.3 is 0 Å². The van der Waals surface area contributed by atoms with Crippen LogP contribution < -0.4 is 4.74 Å². The Morgan fingerprint density at radius 1 is 0.839 bits per heavy atom. The fourth-order valence-electron chi connectivity index (χ4n) is 3.41. The molecule has 172 valence electrons. The smallest absolute Gasteiger partial charge is 0.127 e. The molecule has 4 heteroatoms. The number of phenols is 3. The van der Waals surface area contributed by atoms with Crippen molar-refractivity contribution >= 4 is 0 Å². The van der Waals surface area contributed by atoms with Crippen LogP contribution in [0.1, 0.15) is 73.1 Å². The van der Waals surface area contributed by atoms with Crippen molar-refractivity contribution in [2.75, 3.05) is 0 Å². The number of allylic oxidation sites excluding steroid dienone is 1. The molecule has 31 heavy (non-hydrogen) atoms. The van der Waals surface area contributed by atoms with Gasteiger partial charge < -0.3 is 20.1 Å². The maximum absolute atomic E-state index is 10.0. The van der Waals surface area contributed by atoms with Gasteiger partial charge in [0.2, 0.25) is 0 Å². The van der Waals surface area contributed by atoms with Crippen molar-refractivity contribution in [2.45, 2.75) is 87.7 Å². The number of fused-ring (bicyclic) bond motifs is 1. The molecular formula is C27H40O4.